The van der Waals surface area contributed by atoms with Gasteiger partial charge in [0.05, 0.1) is 5.52 Å². The summed E-state index contributed by atoms with van der Waals surface area (Å²) in [6.07, 6.45) is 1.84. The number of rotatable bonds is 6. The predicted octanol–water partition coefficient (Wildman–Crippen LogP) is 10.4. The van der Waals surface area contributed by atoms with Crippen LogP contribution in [0, 0.1) is 0 Å². The molecule has 0 bridgehead atoms. The third-order valence-corrected chi connectivity index (χ3v) is 8.18. The van der Waals surface area contributed by atoms with Crippen LogP contribution in [0.4, 0.5) is 0 Å². The highest BCUT2D eigenvalue weighted by atomic mass is 15.0. The van der Waals surface area contributed by atoms with Crippen LogP contribution in [0.2, 0.25) is 0 Å². The SMILES string of the molecule is c1ccc(-c2cccc(-c3nc(-c4ccc(-c5cccc6cccnc56)cc4)nc(-c4cccc(-c5ccccc5)c4)n3)c2)cc1. The lowest BCUT2D eigenvalue weighted by atomic mass is 10.0. The fourth-order valence-electron chi connectivity index (χ4n) is 5.84. The van der Waals surface area contributed by atoms with Crippen molar-refractivity contribution in [2.45, 2.75) is 0 Å². The number of nitrogens with zero attached hydrogens (tertiary/aromatic N) is 4. The molecule has 0 atom stereocenters. The highest BCUT2D eigenvalue weighted by molar-refractivity contribution is 5.93. The Hall–Kier alpha value is -6.26. The fraction of sp³-hybridized carbons (Fsp3) is 0. The van der Waals surface area contributed by atoms with E-state index in [0.29, 0.717) is 17.5 Å². The van der Waals surface area contributed by atoms with Crippen molar-refractivity contribution in [3.63, 3.8) is 0 Å². The molecule has 0 aliphatic heterocycles. The molecule has 0 aliphatic carbocycles. The predicted molar refractivity (Wildman–Crippen MR) is 188 cm³/mol. The number of benzene rings is 6. The first-order chi connectivity index (χ1) is 22.8. The Bertz CT molecular complexity index is 2190. The maximum Gasteiger partial charge on any atom is 0.164 e. The number of hydrogen-bond acceptors (Lipinski definition) is 4. The van der Waals surface area contributed by atoms with Crippen molar-refractivity contribution in [2.24, 2.45) is 0 Å². The van der Waals surface area contributed by atoms with Gasteiger partial charge in [0.1, 0.15) is 0 Å². The molecule has 2 aromatic heterocycles. The second kappa shape index (κ2) is 12.0. The topological polar surface area (TPSA) is 51.6 Å². The zero-order valence-electron chi connectivity index (χ0n) is 25.0. The first-order valence-electron chi connectivity index (χ1n) is 15.3. The fourth-order valence-corrected chi connectivity index (χ4v) is 5.84. The van der Waals surface area contributed by atoms with Crippen molar-refractivity contribution in [2.75, 3.05) is 0 Å². The van der Waals surface area contributed by atoms with Crippen molar-refractivity contribution in [3.05, 3.63) is 170 Å². The maximum absolute atomic E-state index is 5.04. The number of aromatic nitrogens is 4. The molecule has 46 heavy (non-hydrogen) atoms. The highest BCUT2D eigenvalue weighted by Crippen LogP contribution is 2.32. The van der Waals surface area contributed by atoms with E-state index in [-0.39, 0.29) is 0 Å². The van der Waals surface area contributed by atoms with Crippen molar-refractivity contribution in [1.82, 2.24) is 19.9 Å². The van der Waals surface area contributed by atoms with Gasteiger partial charge in [0.2, 0.25) is 0 Å². The van der Waals surface area contributed by atoms with Crippen LogP contribution in [0.5, 0.6) is 0 Å². The van der Waals surface area contributed by atoms with Crippen LogP contribution in [-0.4, -0.2) is 19.9 Å². The van der Waals surface area contributed by atoms with Gasteiger partial charge >= 0.3 is 0 Å². The van der Waals surface area contributed by atoms with Gasteiger partial charge in [-0.05, 0) is 46.0 Å². The summed E-state index contributed by atoms with van der Waals surface area (Å²) < 4.78 is 0. The van der Waals surface area contributed by atoms with E-state index in [0.717, 1.165) is 61.0 Å². The van der Waals surface area contributed by atoms with Gasteiger partial charge in [0.15, 0.2) is 17.5 Å². The summed E-state index contributed by atoms with van der Waals surface area (Å²) >= 11 is 0. The Kier molecular flexibility index (Phi) is 7.14. The Morgan fingerprint density at radius 1 is 0.304 bits per heavy atom. The molecule has 0 saturated carbocycles. The Balaban J connectivity index is 1.25. The van der Waals surface area contributed by atoms with Gasteiger partial charge in [0, 0.05) is 33.8 Å². The minimum Gasteiger partial charge on any atom is -0.256 e. The van der Waals surface area contributed by atoms with E-state index in [1.807, 2.05) is 24.4 Å². The molecule has 0 N–H and O–H groups in total. The van der Waals surface area contributed by atoms with Gasteiger partial charge in [-0.1, -0.05) is 146 Å². The van der Waals surface area contributed by atoms with Gasteiger partial charge in [-0.15, -0.1) is 0 Å². The molecule has 4 heteroatoms. The van der Waals surface area contributed by atoms with Gasteiger partial charge in [-0.3, -0.25) is 4.98 Å². The molecule has 2 heterocycles. The third kappa shape index (κ3) is 5.44. The van der Waals surface area contributed by atoms with Crippen LogP contribution < -0.4 is 0 Å². The van der Waals surface area contributed by atoms with Crippen molar-refractivity contribution < 1.29 is 0 Å². The monoisotopic (exact) mass is 588 g/mol. The van der Waals surface area contributed by atoms with Crippen LogP contribution in [0.15, 0.2) is 170 Å². The Morgan fingerprint density at radius 2 is 0.761 bits per heavy atom. The van der Waals surface area contributed by atoms with Crippen LogP contribution in [0.3, 0.4) is 0 Å². The third-order valence-electron chi connectivity index (χ3n) is 8.18. The summed E-state index contributed by atoms with van der Waals surface area (Å²) in [4.78, 5) is 19.8. The van der Waals surface area contributed by atoms with E-state index in [2.05, 4.69) is 151 Å². The number of hydrogen-bond donors (Lipinski definition) is 0. The van der Waals surface area contributed by atoms with E-state index in [4.69, 9.17) is 15.0 Å². The zero-order valence-corrected chi connectivity index (χ0v) is 25.0. The van der Waals surface area contributed by atoms with E-state index >= 15 is 0 Å². The molecular formula is C42H28N4. The molecule has 4 nitrogen and oxygen atoms in total. The molecule has 0 unspecified atom stereocenters. The van der Waals surface area contributed by atoms with Crippen LogP contribution in [0.1, 0.15) is 0 Å². The smallest absolute Gasteiger partial charge is 0.164 e. The largest absolute Gasteiger partial charge is 0.256 e. The number of pyridine rings is 1. The average Bonchev–Trinajstić information content (AvgIpc) is 3.15. The van der Waals surface area contributed by atoms with E-state index in [9.17, 15) is 0 Å². The summed E-state index contributed by atoms with van der Waals surface area (Å²) in [6, 6.07) is 56.3. The lowest BCUT2D eigenvalue weighted by Crippen LogP contribution is -2.00. The summed E-state index contributed by atoms with van der Waals surface area (Å²) in [5.41, 5.74) is 10.5. The van der Waals surface area contributed by atoms with Gasteiger partial charge in [-0.25, -0.2) is 15.0 Å². The lowest BCUT2D eigenvalue weighted by molar-refractivity contribution is 1.07. The molecule has 0 aliphatic rings. The minimum absolute atomic E-state index is 0.623. The molecule has 0 amide bonds. The minimum atomic E-state index is 0.623. The molecule has 0 spiro atoms. The van der Waals surface area contributed by atoms with Crippen molar-refractivity contribution in [3.8, 4) is 67.5 Å². The summed E-state index contributed by atoms with van der Waals surface area (Å²) in [6.45, 7) is 0. The molecule has 0 radical (unpaired) electrons. The summed E-state index contributed by atoms with van der Waals surface area (Å²) in [7, 11) is 0. The van der Waals surface area contributed by atoms with Crippen LogP contribution >= 0.6 is 0 Å². The first-order valence-corrected chi connectivity index (χ1v) is 15.3. The van der Waals surface area contributed by atoms with Gasteiger partial charge < -0.3 is 0 Å². The molecular weight excluding hydrogens is 560 g/mol. The zero-order chi connectivity index (χ0) is 30.7. The molecule has 8 rings (SSSR count). The number of para-hydroxylation sites is 1. The maximum atomic E-state index is 5.04. The lowest BCUT2D eigenvalue weighted by Gasteiger charge is -2.11. The van der Waals surface area contributed by atoms with E-state index in [1.54, 1.807) is 0 Å². The summed E-state index contributed by atoms with van der Waals surface area (Å²) in [5.74, 6) is 1.88. The van der Waals surface area contributed by atoms with Crippen LogP contribution in [-0.2, 0) is 0 Å². The van der Waals surface area contributed by atoms with Crippen molar-refractivity contribution >= 4 is 10.9 Å². The number of fused-ring (bicyclic) bond motifs is 1. The van der Waals surface area contributed by atoms with Gasteiger partial charge in [-0.2, -0.15) is 0 Å². The molecule has 0 saturated heterocycles. The van der Waals surface area contributed by atoms with Gasteiger partial charge in [0.25, 0.3) is 0 Å². The first kappa shape index (κ1) is 27.3. The quantitative estimate of drug-likeness (QED) is 0.194. The Morgan fingerprint density at radius 3 is 1.35 bits per heavy atom. The van der Waals surface area contributed by atoms with Crippen molar-refractivity contribution in [1.29, 1.82) is 0 Å². The average molecular weight is 589 g/mol. The van der Waals surface area contributed by atoms with E-state index < -0.39 is 0 Å². The second-order valence-electron chi connectivity index (χ2n) is 11.2. The Labute approximate surface area is 267 Å². The summed E-state index contributed by atoms with van der Waals surface area (Å²) in [5, 5.41) is 1.12. The normalized spacial score (nSPS) is 11.0. The molecule has 8 aromatic rings. The van der Waals surface area contributed by atoms with Crippen LogP contribution in [0.25, 0.3) is 78.4 Å². The highest BCUT2D eigenvalue weighted by Gasteiger charge is 2.14. The molecule has 6 aromatic carbocycles. The van der Waals surface area contributed by atoms with E-state index in [1.165, 1.54) is 0 Å². The second-order valence-corrected chi connectivity index (χ2v) is 11.2. The molecule has 216 valence electrons. The molecule has 0 fully saturated rings. The standard InChI is InChI=1S/C42H28N4/c1-3-11-29(12-4-1)34-16-7-18-36(27-34)41-44-40(45-42(46-41)37-19-8-17-35(28-37)30-13-5-2-6-14-30)33-24-22-31(23-25-33)38-21-9-15-32-20-10-26-43-39(32)38/h1-28H.